The van der Waals surface area contributed by atoms with Crippen LogP contribution in [0.1, 0.15) is 6.92 Å². The zero-order chi connectivity index (χ0) is 9.78. The topological polar surface area (TPSA) is 24.7 Å². The van der Waals surface area contributed by atoms with Gasteiger partial charge in [-0.15, -0.1) is 0 Å². The van der Waals surface area contributed by atoms with E-state index in [1.165, 1.54) is 7.05 Å². The van der Waals surface area contributed by atoms with Crippen molar-refractivity contribution in [3.05, 3.63) is 12.2 Å². The molecule has 0 aliphatic carbocycles. The number of halogens is 3. The first-order chi connectivity index (χ1) is 5.38. The van der Waals surface area contributed by atoms with Crippen molar-refractivity contribution in [3.8, 4) is 0 Å². The van der Waals surface area contributed by atoms with Gasteiger partial charge in [-0.2, -0.15) is 0 Å². The second kappa shape index (κ2) is 4.30. The normalized spacial score (nSPS) is 13.9. The summed E-state index contributed by atoms with van der Waals surface area (Å²) in [6, 6.07) is 0. The predicted octanol–water partition coefficient (Wildman–Crippen LogP) is 2.49. The summed E-state index contributed by atoms with van der Waals surface area (Å²) in [5, 5.41) is -0.0830. The van der Waals surface area contributed by atoms with Gasteiger partial charge >= 0.3 is 0 Å². The molecule has 0 aromatic heterocycles. The van der Waals surface area contributed by atoms with Gasteiger partial charge in [0, 0.05) is 25.8 Å². The first-order valence-electron chi connectivity index (χ1n) is 3.11. The van der Waals surface area contributed by atoms with E-state index >= 15 is 0 Å². The van der Waals surface area contributed by atoms with Crippen LogP contribution in [-0.4, -0.2) is 24.5 Å². The third-order valence-corrected chi connectivity index (χ3v) is 1.34. The Morgan fingerprint density at radius 1 is 1.58 bits per heavy atom. The van der Waals surface area contributed by atoms with Crippen LogP contribution >= 0.6 is 11.6 Å². The highest BCUT2D eigenvalue weighted by molar-refractivity contribution is 6.65. The Morgan fingerprint density at radius 2 is 2.08 bits per heavy atom. The third kappa shape index (κ3) is 4.18. The Labute approximate surface area is 74.7 Å². The lowest BCUT2D eigenvalue weighted by atomic mass is 10.2. The van der Waals surface area contributed by atoms with Gasteiger partial charge < -0.3 is 0 Å². The highest BCUT2D eigenvalue weighted by Gasteiger charge is 2.23. The zero-order valence-corrected chi connectivity index (χ0v) is 7.57. The number of alkyl halides is 2. The molecule has 0 aromatic carbocycles. The summed E-state index contributed by atoms with van der Waals surface area (Å²) in [5.41, 5.74) is -0.399. The molecular weight excluding hydrogens is 186 g/mol. The monoisotopic (exact) mass is 194 g/mol. The molecule has 0 saturated carbocycles. The second-order valence-electron chi connectivity index (χ2n) is 2.16. The lowest BCUT2D eigenvalue weighted by Crippen LogP contribution is -2.13. The fourth-order valence-corrected chi connectivity index (χ4v) is 0.351. The van der Waals surface area contributed by atoms with Gasteiger partial charge in [0.05, 0.1) is 0 Å². The quantitative estimate of drug-likeness (QED) is 0.367. The van der Waals surface area contributed by atoms with Gasteiger partial charge in [-0.1, -0.05) is 6.58 Å². The summed E-state index contributed by atoms with van der Waals surface area (Å²) >= 11 is 5.33. The van der Waals surface area contributed by atoms with Crippen LogP contribution in [0.15, 0.2) is 22.1 Å². The molecule has 0 saturated heterocycles. The van der Waals surface area contributed by atoms with Gasteiger partial charge in [-0.25, -0.2) is 13.8 Å². The minimum atomic E-state index is -2.96. The van der Waals surface area contributed by atoms with Crippen molar-refractivity contribution < 1.29 is 8.78 Å². The van der Waals surface area contributed by atoms with Crippen molar-refractivity contribution in [2.45, 2.75) is 12.8 Å². The Morgan fingerprint density at radius 3 is 2.42 bits per heavy atom. The van der Waals surface area contributed by atoms with Crippen LogP contribution in [-0.2, 0) is 0 Å². The summed E-state index contributed by atoms with van der Waals surface area (Å²) < 4.78 is 24.8. The van der Waals surface area contributed by atoms with Gasteiger partial charge in [0.15, 0.2) is 0 Å². The van der Waals surface area contributed by atoms with Crippen molar-refractivity contribution >= 4 is 23.1 Å². The van der Waals surface area contributed by atoms with Crippen LogP contribution in [0.5, 0.6) is 0 Å². The smallest absolute Gasteiger partial charge is 0.260 e. The average Bonchev–Trinajstić information content (AvgIpc) is 1.97. The first-order valence-corrected chi connectivity index (χ1v) is 3.49. The molecule has 0 atom stereocenters. The van der Waals surface area contributed by atoms with Crippen LogP contribution in [0.25, 0.3) is 0 Å². The molecule has 0 heterocycles. The number of hydrogen-bond donors (Lipinski definition) is 0. The number of nitrogens with zero attached hydrogens (tertiary/aromatic N) is 2. The number of rotatable bonds is 2. The predicted molar refractivity (Wildman–Crippen MR) is 47.5 cm³/mol. The second-order valence-corrected chi connectivity index (χ2v) is 2.50. The summed E-state index contributed by atoms with van der Waals surface area (Å²) in [6.45, 7) is 3.85. The maximum atomic E-state index is 12.4. The van der Waals surface area contributed by atoms with Gasteiger partial charge in [-0.3, -0.25) is 4.99 Å². The van der Waals surface area contributed by atoms with Crippen LogP contribution in [0.4, 0.5) is 8.78 Å². The summed E-state index contributed by atoms with van der Waals surface area (Å²) in [5.74, 6) is -2.96. The molecule has 0 N–H and O–H groups in total. The van der Waals surface area contributed by atoms with Crippen molar-refractivity contribution in [3.63, 3.8) is 0 Å². The third-order valence-electron chi connectivity index (χ3n) is 1.08. The molecule has 2 nitrogen and oxygen atoms in total. The van der Waals surface area contributed by atoms with E-state index in [2.05, 4.69) is 16.6 Å². The molecule has 0 amide bonds. The zero-order valence-electron chi connectivity index (χ0n) is 6.81. The minimum Gasteiger partial charge on any atom is -0.260 e. The Balaban J connectivity index is 4.29. The fraction of sp³-hybridized carbons (Fsp3) is 0.429. The molecule has 0 aliphatic heterocycles. The Hall–Kier alpha value is -0.770. The largest absolute Gasteiger partial charge is 0.271 e. The van der Waals surface area contributed by atoms with Gasteiger partial charge in [0.1, 0.15) is 0 Å². The van der Waals surface area contributed by atoms with E-state index in [9.17, 15) is 8.78 Å². The molecule has 0 aliphatic rings. The van der Waals surface area contributed by atoms with Crippen LogP contribution in [0, 0.1) is 0 Å². The van der Waals surface area contributed by atoms with E-state index in [0.717, 1.165) is 13.1 Å². The lowest BCUT2D eigenvalue weighted by Gasteiger charge is -2.07. The summed E-state index contributed by atoms with van der Waals surface area (Å²) in [6.07, 6.45) is 0.898. The van der Waals surface area contributed by atoms with E-state index in [1.54, 1.807) is 0 Å². The van der Waals surface area contributed by atoms with Crippen molar-refractivity contribution in [1.29, 1.82) is 0 Å². The van der Waals surface area contributed by atoms with Crippen LogP contribution in [0.3, 0.4) is 0 Å². The van der Waals surface area contributed by atoms with Crippen LogP contribution in [0.2, 0.25) is 0 Å². The molecule has 0 spiro atoms. The van der Waals surface area contributed by atoms with E-state index in [4.69, 9.17) is 11.6 Å². The number of allylic oxidation sites excluding steroid dienone is 1. The number of aliphatic imine (C=N–C) groups is 2. The Bertz CT molecular complexity index is 228. The van der Waals surface area contributed by atoms with Gasteiger partial charge in [0.25, 0.3) is 5.92 Å². The minimum absolute atomic E-state index is 0.0830. The molecule has 12 heavy (non-hydrogen) atoms. The highest BCUT2D eigenvalue weighted by atomic mass is 35.5. The number of amidine groups is 1. The molecular formula is C7H9ClF2N2. The van der Waals surface area contributed by atoms with Crippen molar-refractivity contribution in [2.75, 3.05) is 7.05 Å². The van der Waals surface area contributed by atoms with Crippen molar-refractivity contribution in [1.82, 2.24) is 0 Å². The molecule has 0 fully saturated rings. The van der Waals surface area contributed by atoms with Gasteiger partial charge in [0.2, 0.25) is 5.29 Å². The molecule has 0 bridgehead atoms. The highest BCUT2D eigenvalue weighted by Crippen LogP contribution is 2.19. The Kier molecular flexibility index (Phi) is 4.03. The summed E-state index contributed by atoms with van der Waals surface area (Å²) in [7, 11) is 1.41. The first kappa shape index (κ1) is 11.2. The molecule has 68 valence electrons. The summed E-state index contributed by atoms with van der Waals surface area (Å²) in [4.78, 5) is 6.86. The molecule has 5 heteroatoms. The average molecular weight is 195 g/mol. The maximum absolute atomic E-state index is 12.4. The molecule has 0 radical (unpaired) electrons. The van der Waals surface area contributed by atoms with E-state index in [-0.39, 0.29) is 5.29 Å². The van der Waals surface area contributed by atoms with Crippen LogP contribution < -0.4 is 0 Å². The molecule has 0 unspecified atom stereocenters. The number of hydrogen-bond acceptors (Lipinski definition) is 1. The van der Waals surface area contributed by atoms with E-state index in [1.807, 2.05) is 0 Å². The lowest BCUT2D eigenvalue weighted by molar-refractivity contribution is 0.0712. The maximum Gasteiger partial charge on any atom is 0.271 e. The van der Waals surface area contributed by atoms with Gasteiger partial charge in [-0.05, 0) is 11.6 Å². The SMILES string of the molecule is C=C(C=NC(Cl)=NC)C(C)(F)F. The van der Waals surface area contributed by atoms with E-state index in [0.29, 0.717) is 0 Å². The standard InChI is InChI=1S/C7H9ClF2N2/c1-5(7(2,9)10)4-12-6(8)11-3/h4H,1H2,2-3H3. The van der Waals surface area contributed by atoms with Crippen molar-refractivity contribution in [2.24, 2.45) is 9.98 Å². The van der Waals surface area contributed by atoms with E-state index < -0.39 is 11.5 Å². The molecule has 0 aromatic rings. The fourth-order valence-electron chi connectivity index (χ4n) is 0.302. The molecule has 0 rings (SSSR count).